The normalized spacial score (nSPS) is 18.2. The van der Waals surface area contributed by atoms with Crippen molar-refractivity contribution >= 4 is 24.5 Å². The summed E-state index contributed by atoms with van der Waals surface area (Å²) in [5.41, 5.74) is 4.47. The molecular weight excluding hydrogens is 543 g/mol. The standard InChI is InChI=1S/C27H26F2N5O5P/c1-4-37-40(36,38-5-2)22-10-9-15(13-30-22)18-12-19-24-17-11-20(25(24)32-34(19)14-31-18)33(3)26(35)16-7-6-8-21(23(16)17)39-27(28)29/h6-10,12-14,17,20,27H,4-5,11H2,1-3H3. The highest BCUT2D eigenvalue weighted by molar-refractivity contribution is 7.61. The van der Waals surface area contributed by atoms with E-state index in [0.717, 1.165) is 11.1 Å². The lowest BCUT2D eigenvalue weighted by Crippen LogP contribution is -2.30. The van der Waals surface area contributed by atoms with E-state index in [1.807, 2.05) is 6.07 Å². The van der Waals surface area contributed by atoms with Crippen molar-refractivity contribution in [2.24, 2.45) is 0 Å². The van der Waals surface area contributed by atoms with Crippen molar-refractivity contribution in [3.05, 3.63) is 71.3 Å². The third kappa shape index (κ3) is 4.18. The smallest absolute Gasteiger partial charge is 0.387 e. The molecule has 40 heavy (non-hydrogen) atoms. The summed E-state index contributed by atoms with van der Waals surface area (Å²) in [6, 6.07) is 9.50. The van der Waals surface area contributed by atoms with Crippen LogP contribution in [-0.4, -0.2) is 57.3 Å². The van der Waals surface area contributed by atoms with Gasteiger partial charge in [-0.3, -0.25) is 9.36 Å². The first-order valence-corrected chi connectivity index (χ1v) is 14.4. The second kappa shape index (κ2) is 10.0. The van der Waals surface area contributed by atoms with Gasteiger partial charge in [0.1, 0.15) is 12.1 Å². The monoisotopic (exact) mass is 569 g/mol. The number of hydrogen-bond donors (Lipinski definition) is 0. The lowest BCUT2D eigenvalue weighted by molar-refractivity contribution is -0.0505. The topological polar surface area (TPSA) is 108 Å². The first-order valence-electron chi connectivity index (χ1n) is 12.8. The first kappa shape index (κ1) is 26.5. The molecule has 0 fully saturated rings. The van der Waals surface area contributed by atoms with Crippen LogP contribution in [0.4, 0.5) is 8.78 Å². The van der Waals surface area contributed by atoms with Gasteiger partial charge < -0.3 is 18.7 Å². The zero-order valence-electron chi connectivity index (χ0n) is 22.0. The Balaban J connectivity index is 1.46. The van der Waals surface area contributed by atoms with Gasteiger partial charge in [0.25, 0.3) is 5.91 Å². The highest BCUT2D eigenvalue weighted by Gasteiger charge is 2.46. The summed E-state index contributed by atoms with van der Waals surface area (Å²) in [6.45, 7) is 0.849. The molecule has 2 aliphatic rings. The summed E-state index contributed by atoms with van der Waals surface area (Å²) >= 11 is 0. The Bertz CT molecular complexity index is 1650. The number of pyridine rings is 1. The van der Waals surface area contributed by atoms with Crippen molar-refractivity contribution < 1.29 is 31.9 Å². The fourth-order valence-electron chi connectivity index (χ4n) is 5.64. The molecule has 2 unspecified atom stereocenters. The van der Waals surface area contributed by atoms with Crippen LogP contribution in [0, 0.1) is 0 Å². The molecule has 2 atom stereocenters. The molecule has 0 radical (unpaired) electrons. The highest BCUT2D eigenvalue weighted by atomic mass is 31.2. The van der Waals surface area contributed by atoms with Gasteiger partial charge in [-0.15, -0.1) is 0 Å². The summed E-state index contributed by atoms with van der Waals surface area (Å²) in [4.78, 5) is 23.8. The zero-order chi connectivity index (χ0) is 28.2. The van der Waals surface area contributed by atoms with Crippen LogP contribution in [0.1, 0.15) is 59.4 Å². The van der Waals surface area contributed by atoms with E-state index >= 15 is 0 Å². The molecule has 4 heterocycles. The van der Waals surface area contributed by atoms with E-state index in [0.29, 0.717) is 34.5 Å². The van der Waals surface area contributed by atoms with Crippen LogP contribution >= 0.6 is 7.60 Å². The van der Waals surface area contributed by atoms with E-state index in [1.54, 1.807) is 67.1 Å². The molecule has 1 aliphatic carbocycles. The predicted molar refractivity (Wildman–Crippen MR) is 141 cm³/mol. The quantitative estimate of drug-likeness (QED) is 0.275. The van der Waals surface area contributed by atoms with Crippen molar-refractivity contribution in [1.82, 2.24) is 24.5 Å². The number of alkyl halides is 2. The number of hydrogen-bond acceptors (Lipinski definition) is 8. The second-order valence-corrected chi connectivity index (χ2v) is 11.4. The minimum absolute atomic E-state index is 0.0193. The Kier molecular flexibility index (Phi) is 6.64. The molecule has 10 nitrogen and oxygen atoms in total. The number of aromatic nitrogens is 4. The van der Waals surface area contributed by atoms with Gasteiger partial charge in [0, 0.05) is 41.4 Å². The van der Waals surface area contributed by atoms with E-state index in [4.69, 9.17) is 18.9 Å². The molecule has 6 rings (SSSR count). The third-order valence-electron chi connectivity index (χ3n) is 7.29. The average molecular weight is 570 g/mol. The molecule has 208 valence electrons. The van der Waals surface area contributed by atoms with Crippen molar-refractivity contribution in [3.8, 4) is 17.0 Å². The molecule has 1 aliphatic heterocycles. The van der Waals surface area contributed by atoms with Crippen LogP contribution in [0.2, 0.25) is 0 Å². The Morgan fingerprint density at radius 2 is 1.88 bits per heavy atom. The van der Waals surface area contributed by atoms with E-state index in [9.17, 15) is 18.1 Å². The summed E-state index contributed by atoms with van der Waals surface area (Å²) in [5.74, 6) is -0.684. The third-order valence-corrected chi connectivity index (χ3v) is 9.31. The molecule has 0 saturated carbocycles. The first-order chi connectivity index (χ1) is 19.3. The number of ether oxygens (including phenoxy) is 1. The fourth-order valence-corrected chi connectivity index (χ4v) is 7.12. The maximum atomic E-state index is 13.3. The van der Waals surface area contributed by atoms with E-state index in [-0.39, 0.29) is 36.3 Å². The highest BCUT2D eigenvalue weighted by Crippen LogP contribution is 2.53. The predicted octanol–water partition coefficient (Wildman–Crippen LogP) is 4.95. The SMILES string of the molecule is CCOP(=O)(OCC)c1ccc(-c2cc3c4c(nn3cn2)C2CC4c3c(OC(F)F)cccc3C(=O)N2C)cn1. The summed E-state index contributed by atoms with van der Waals surface area (Å²) in [7, 11) is -1.85. The number of halogens is 2. The van der Waals surface area contributed by atoms with Gasteiger partial charge in [-0.05, 0) is 50.6 Å². The van der Waals surface area contributed by atoms with Crippen molar-refractivity contribution in [1.29, 1.82) is 0 Å². The van der Waals surface area contributed by atoms with Crippen LogP contribution in [0.25, 0.3) is 16.8 Å². The number of amides is 1. The van der Waals surface area contributed by atoms with E-state index in [2.05, 4.69) is 9.97 Å². The number of rotatable bonds is 8. The lowest BCUT2D eigenvalue weighted by Gasteiger charge is -2.23. The van der Waals surface area contributed by atoms with Gasteiger partial charge in [-0.25, -0.2) is 14.5 Å². The Labute approximate surface area is 228 Å². The molecule has 1 aromatic carbocycles. The number of carbonyl (C=O) groups is 1. The summed E-state index contributed by atoms with van der Waals surface area (Å²) < 4.78 is 57.1. The largest absolute Gasteiger partial charge is 0.434 e. The number of fused-ring (bicyclic) bond motifs is 9. The minimum atomic E-state index is -3.54. The van der Waals surface area contributed by atoms with Crippen LogP contribution in [-0.2, 0) is 13.6 Å². The van der Waals surface area contributed by atoms with Gasteiger partial charge in [-0.2, -0.15) is 13.9 Å². The van der Waals surface area contributed by atoms with E-state index in [1.165, 1.54) is 6.07 Å². The molecule has 1 amide bonds. The van der Waals surface area contributed by atoms with Crippen LogP contribution < -0.4 is 10.2 Å². The molecule has 0 N–H and O–H groups in total. The van der Waals surface area contributed by atoms with Crippen molar-refractivity contribution in [2.75, 3.05) is 20.3 Å². The van der Waals surface area contributed by atoms with Gasteiger partial charge in [-0.1, -0.05) is 6.07 Å². The average Bonchev–Trinajstić information content (AvgIpc) is 3.46. The van der Waals surface area contributed by atoms with Crippen LogP contribution in [0.5, 0.6) is 5.75 Å². The Morgan fingerprint density at radius 1 is 1.10 bits per heavy atom. The minimum Gasteiger partial charge on any atom is -0.434 e. The molecule has 4 aromatic rings. The summed E-state index contributed by atoms with van der Waals surface area (Å²) in [5, 5.41) is 4.73. The van der Waals surface area contributed by atoms with Crippen LogP contribution in [0.15, 0.2) is 48.9 Å². The molecule has 2 bridgehead atoms. The van der Waals surface area contributed by atoms with Gasteiger partial charge in [0.05, 0.1) is 36.2 Å². The maximum absolute atomic E-state index is 13.3. The zero-order valence-corrected chi connectivity index (χ0v) is 22.8. The van der Waals surface area contributed by atoms with Crippen LogP contribution in [0.3, 0.4) is 0 Å². The van der Waals surface area contributed by atoms with Gasteiger partial charge >= 0.3 is 14.2 Å². The number of benzene rings is 1. The van der Waals surface area contributed by atoms with Crippen molar-refractivity contribution in [3.63, 3.8) is 0 Å². The van der Waals surface area contributed by atoms with Crippen molar-refractivity contribution in [2.45, 2.75) is 38.8 Å². The lowest BCUT2D eigenvalue weighted by atomic mass is 9.88. The number of nitrogens with zero attached hydrogens (tertiary/aromatic N) is 5. The fraction of sp³-hybridized carbons (Fsp3) is 0.333. The Morgan fingerprint density at radius 3 is 2.55 bits per heavy atom. The molecule has 13 heteroatoms. The molecular formula is C27H26F2N5O5P. The molecule has 3 aromatic heterocycles. The number of carbonyl (C=O) groups excluding carboxylic acids is 1. The molecule has 0 spiro atoms. The second-order valence-electron chi connectivity index (χ2n) is 9.46. The van der Waals surface area contributed by atoms with Gasteiger partial charge in [0.2, 0.25) is 0 Å². The Hall–Kier alpha value is -3.73. The maximum Gasteiger partial charge on any atom is 0.387 e. The van der Waals surface area contributed by atoms with E-state index < -0.39 is 20.1 Å². The molecule has 0 saturated heterocycles. The summed E-state index contributed by atoms with van der Waals surface area (Å²) in [6.07, 6.45) is 3.61. The van der Waals surface area contributed by atoms with Gasteiger partial charge in [0.15, 0.2) is 5.44 Å².